The van der Waals surface area contributed by atoms with Gasteiger partial charge in [-0.05, 0) is 77.4 Å². The van der Waals surface area contributed by atoms with E-state index in [-0.39, 0.29) is 17.6 Å². The molecule has 2 aromatic rings. The average molecular weight is 515 g/mol. The molecule has 0 fully saturated rings. The Kier molecular flexibility index (Phi) is 7.76. The van der Waals surface area contributed by atoms with E-state index in [0.29, 0.717) is 11.3 Å². The summed E-state index contributed by atoms with van der Waals surface area (Å²) in [5.74, 6) is -0.281. The first-order chi connectivity index (χ1) is 12.8. The van der Waals surface area contributed by atoms with Gasteiger partial charge in [-0.15, -0.1) is 0 Å². The summed E-state index contributed by atoms with van der Waals surface area (Å²) >= 11 is 11.7. The number of rotatable bonds is 4. The van der Waals surface area contributed by atoms with Crippen LogP contribution in [0, 0.1) is 13.8 Å². The lowest BCUT2D eigenvalue weighted by Gasteiger charge is -2.12. The SMILES string of the molecule is Cc1ccc(OCC(=O)NNC(=S)NC(=O)c2ccc(C)c(Br)c2)c(Br)c1. The molecule has 2 rings (SSSR count). The predicted molar refractivity (Wildman–Crippen MR) is 115 cm³/mol. The molecular weight excluding hydrogens is 498 g/mol. The van der Waals surface area contributed by atoms with Crippen molar-refractivity contribution in [2.24, 2.45) is 0 Å². The number of amides is 2. The van der Waals surface area contributed by atoms with Crippen molar-refractivity contribution in [3.63, 3.8) is 0 Å². The molecule has 0 atom stereocenters. The van der Waals surface area contributed by atoms with Gasteiger partial charge in [-0.25, -0.2) is 0 Å². The van der Waals surface area contributed by atoms with Crippen molar-refractivity contribution in [1.82, 2.24) is 16.2 Å². The number of benzene rings is 2. The van der Waals surface area contributed by atoms with Crippen LogP contribution in [0.1, 0.15) is 21.5 Å². The molecule has 142 valence electrons. The lowest BCUT2D eigenvalue weighted by atomic mass is 10.1. The van der Waals surface area contributed by atoms with Crippen LogP contribution in [0.4, 0.5) is 0 Å². The first kappa shape index (κ1) is 21.3. The minimum Gasteiger partial charge on any atom is -0.483 e. The van der Waals surface area contributed by atoms with Gasteiger partial charge < -0.3 is 4.74 Å². The van der Waals surface area contributed by atoms with Gasteiger partial charge in [-0.1, -0.05) is 28.1 Å². The number of halogens is 2. The quantitative estimate of drug-likeness (QED) is 0.429. The van der Waals surface area contributed by atoms with Crippen LogP contribution in [0.3, 0.4) is 0 Å². The van der Waals surface area contributed by atoms with Crippen molar-refractivity contribution < 1.29 is 14.3 Å². The second-order valence-electron chi connectivity index (χ2n) is 5.64. The lowest BCUT2D eigenvalue weighted by molar-refractivity contribution is -0.123. The van der Waals surface area contributed by atoms with E-state index in [0.717, 1.165) is 20.1 Å². The van der Waals surface area contributed by atoms with Crippen LogP contribution in [-0.4, -0.2) is 23.5 Å². The van der Waals surface area contributed by atoms with Crippen LogP contribution in [0.2, 0.25) is 0 Å². The molecule has 0 saturated carbocycles. The number of carbonyl (C=O) groups is 2. The molecule has 27 heavy (non-hydrogen) atoms. The summed E-state index contributed by atoms with van der Waals surface area (Å²) in [4.78, 5) is 24.0. The van der Waals surface area contributed by atoms with Gasteiger partial charge in [0.05, 0.1) is 4.47 Å². The van der Waals surface area contributed by atoms with Crippen LogP contribution in [0.25, 0.3) is 0 Å². The summed E-state index contributed by atoms with van der Waals surface area (Å²) in [5.41, 5.74) is 7.36. The number of carbonyl (C=O) groups excluding carboxylic acids is 2. The Labute approximate surface area is 179 Å². The zero-order valence-electron chi connectivity index (χ0n) is 14.6. The van der Waals surface area contributed by atoms with E-state index in [2.05, 4.69) is 48.0 Å². The normalized spacial score (nSPS) is 10.1. The Hall–Kier alpha value is -1.97. The van der Waals surface area contributed by atoms with Crippen molar-refractivity contribution >= 4 is 61.0 Å². The summed E-state index contributed by atoms with van der Waals surface area (Å²) in [7, 11) is 0. The van der Waals surface area contributed by atoms with Gasteiger partial charge in [0.2, 0.25) is 0 Å². The second-order valence-corrected chi connectivity index (χ2v) is 7.76. The molecule has 3 N–H and O–H groups in total. The Bertz CT molecular complexity index is 890. The molecule has 2 aromatic carbocycles. The van der Waals surface area contributed by atoms with Crippen LogP contribution in [0.15, 0.2) is 45.3 Å². The van der Waals surface area contributed by atoms with Crippen molar-refractivity contribution in [1.29, 1.82) is 0 Å². The van der Waals surface area contributed by atoms with Gasteiger partial charge in [0.25, 0.3) is 11.8 Å². The molecule has 9 heteroatoms. The van der Waals surface area contributed by atoms with Crippen LogP contribution in [0.5, 0.6) is 5.75 Å². The highest BCUT2D eigenvalue weighted by Gasteiger charge is 2.10. The Balaban J connectivity index is 1.78. The zero-order chi connectivity index (χ0) is 20.0. The van der Waals surface area contributed by atoms with Crippen LogP contribution in [-0.2, 0) is 4.79 Å². The van der Waals surface area contributed by atoms with E-state index < -0.39 is 5.91 Å². The number of hydrogen-bond acceptors (Lipinski definition) is 4. The van der Waals surface area contributed by atoms with E-state index in [4.69, 9.17) is 17.0 Å². The Morgan fingerprint density at radius 1 is 1.04 bits per heavy atom. The number of thiocarbonyl (C=S) groups is 1. The number of hydrogen-bond donors (Lipinski definition) is 3. The van der Waals surface area contributed by atoms with E-state index in [1.54, 1.807) is 18.2 Å². The smallest absolute Gasteiger partial charge is 0.276 e. The van der Waals surface area contributed by atoms with E-state index in [9.17, 15) is 9.59 Å². The molecule has 0 radical (unpaired) electrons. The van der Waals surface area contributed by atoms with E-state index >= 15 is 0 Å². The Morgan fingerprint density at radius 2 is 1.78 bits per heavy atom. The molecule has 0 spiro atoms. The molecule has 0 unspecified atom stereocenters. The molecule has 0 aliphatic rings. The van der Waals surface area contributed by atoms with Crippen molar-refractivity contribution in [2.75, 3.05) is 6.61 Å². The van der Waals surface area contributed by atoms with Gasteiger partial charge in [-0.3, -0.25) is 25.8 Å². The molecule has 0 bridgehead atoms. The molecule has 2 amide bonds. The van der Waals surface area contributed by atoms with Gasteiger partial charge in [0.1, 0.15) is 5.75 Å². The maximum atomic E-state index is 12.1. The van der Waals surface area contributed by atoms with Crippen LogP contribution < -0.4 is 20.9 Å². The summed E-state index contributed by atoms with van der Waals surface area (Å²) in [5, 5.41) is 2.46. The number of nitrogens with one attached hydrogen (secondary N) is 3. The minimum atomic E-state index is -0.447. The highest BCUT2D eigenvalue weighted by Crippen LogP contribution is 2.25. The largest absolute Gasteiger partial charge is 0.483 e. The van der Waals surface area contributed by atoms with E-state index in [1.807, 2.05) is 32.0 Å². The second kappa shape index (κ2) is 9.82. The summed E-state index contributed by atoms with van der Waals surface area (Å²) < 4.78 is 7.01. The van der Waals surface area contributed by atoms with E-state index in [1.165, 1.54) is 0 Å². The van der Waals surface area contributed by atoms with Crippen molar-refractivity contribution in [2.45, 2.75) is 13.8 Å². The first-order valence-electron chi connectivity index (χ1n) is 7.81. The fraction of sp³-hybridized carbons (Fsp3) is 0.167. The molecular formula is C18H17Br2N3O3S. The fourth-order valence-electron chi connectivity index (χ4n) is 1.97. The van der Waals surface area contributed by atoms with Gasteiger partial charge in [-0.2, -0.15) is 0 Å². The summed E-state index contributed by atoms with van der Waals surface area (Å²) in [6.45, 7) is 3.66. The summed E-state index contributed by atoms with van der Waals surface area (Å²) in [6.07, 6.45) is 0. The number of hydrazine groups is 1. The lowest BCUT2D eigenvalue weighted by Crippen LogP contribution is -2.49. The zero-order valence-corrected chi connectivity index (χ0v) is 18.5. The fourth-order valence-corrected chi connectivity index (χ4v) is 3.10. The standard InChI is InChI=1S/C18H17Br2N3O3S/c1-10-3-6-15(14(20)7-10)26-9-16(24)22-23-18(27)21-17(25)12-5-4-11(2)13(19)8-12/h3-8H,9H2,1-2H3,(H,22,24)(H2,21,23,25,27). The molecule has 0 saturated heterocycles. The van der Waals surface area contributed by atoms with Gasteiger partial charge in [0, 0.05) is 10.0 Å². The highest BCUT2D eigenvalue weighted by molar-refractivity contribution is 9.10. The molecule has 0 aromatic heterocycles. The summed E-state index contributed by atoms with van der Waals surface area (Å²) in [6, 6.07) is 10.7. The molecule has 6 nitrogen and oxygen atoms in total. The van der Waals surface area contributed by atoms with Crippen molar-refractivity contribution in [3.05, 3.63) is 62.0 Å². The van der Waals surface area contributed by atoms with Crippen LogP contribution >= 0.6 is 44.1 Å². The van der Waals surface area contributed by atoms with Crippen molar-refractivity contribution in [3.8, 4) is 5.75 Å². The van der Waals surface area contributed by atoms with Gasteiger partial charge >= 0.3 is 0 Å². The maximum absolute atomic E-state index is 12.1. The molecule has 0 aliphatic carbocycles. The highest BCUT2D eigenvalue weighted by atomic mass is 79.9. The third-order valence-electron chi connectivity index (χ3n) is 3.42. The Morgan fingerprint density at radius 3 is 2.44 bits per heavy atom. The average Bonchev–Trinajstić information content (AvgIpc) is 2.61. The molecule has 0 heterocycles. The minimum absolute atomic E-state index is 0.0263. The third kappa shape index (κ3) is 6.60. The molecule has 0 aliphatic heterocycles. The first-order valence-corrected chi connectivity index (χ1v) is 9.81. The van der Waals surface area contributed by atoms with Gasteiger partial charge in [0.15, 0.2) is 11.7 Å². The topological polar surface area (TPSA) is 79.5 Å². The maximum Gasteiger partial charge on any atom is 0.276 e. The monoisotopic (exact) mass is 513 g/mol. The number of aryl methyl sites for hydroxylation is 2. The third-order valence-corrected chi connectivity index (χ3v) is 5.10. The number of ether oxygens (including phenoxy) is 1. The predicted octanol–water partition coefficient (Wildman–Crippen LogP) is 3.54.